The van der Waals surface area contributed by atoms with E-state index in [0.29, 0.717) is 18.4 Å². The summed E-state index contributed by atoms with van der Waals surface area (Å²) in [5, 5.41) is 9.54. The van der Waals surface area contributed by atoms with Crippen molar-refractivity contribution in [3.63, 3.8) is 0 Å². The largest absolute Gasteiger partial charge is 0.499 e. The van der Waals surface area contributed by atoms with Crippen LogP contribution in [0.4, 0.5) is 4.39 Å². The molecule has 3 N–H and O–H groups in total. The van der Waals surface area contributed by atoms with E-state index in [-0.39, 0.29) is 35.1 Å². The maximum absolute atomic E-state index is 13.5. The van der Waals surface area contributed by atoms with Crippen molar-refractivity contribution in [3.8, 4) is 11.5 Å². The van der Waals surface area contributed by atoms with Crippen LogP contribution in [0.3, 0.4) is 0 Å². The van der Waals surface area contributed by atoms with Gasteiger partial charge in [0, 0.05) is 17.6 Å². The number of primary amides is 1. The Morgan fingerprint density at radius 3 is 2.11 bits per heavy atom. The van der Waals surface area contributed by atoms with Gasteiger partial charge in [0.15, 0.2) is 5.75 Å². The first kappa shape index (κ1) is 29.9. The summed E-state index contributed by atoms with van der Waals surface area (Å²) >= 11 is 0. The fraction of sp³-hybridized carbons (Fsp3) is 0.296. The number of aryl methyl sites for hydroxylation is 1. The van der Waals surface area contributed by atoms with Gasteiger partial charge in [0.05, 0.1) is 13.2 Å². The van der Waals surface area contributed by atoms with Gasteiger partial charge in [0.1, 0.15) is 19.0 Å². The lowest BCUT2D eigenvalue weighted by Crippen LogP contribution is -2.47. The molecule has 0 saturated carbocycles. The molecule has 0 aliphatic rings. The number of ether oxygens (including phenoxy) is 2. The van der Waals surface area contributed by atoms with Crippen molar-refractivity contribution in [2.24, 2.45) is 5.73 Å². The molecule has 8 nitrogen and oxygen atoms in total. The third-order valence-corrected chi connectivity index (χ3v) is 4.69. The number of esters is 1. The lowest BCUT2D eigenvalue weighted by molar-refractivity contribution is -0.886. The molecule has 0 fully saturated rings. The van der Waals surface area contributed by atoms with E-state index in [0.717, 1.165) is 10.3 Å². The van der Waals surface area contributed by atoms with Crippen molar-refractivity contribution in [1.82, 2.24) is 0 Å². The normalized spacial score (nSPS) is 10.5. The van der Waals surface area contributed by atoms with E-state index in [9.17, 15) is 19.1 Å². The van der Waals surface area contributed by atoms with Crippen LogP contribution < -0.4 is 20.0 Å². The molecule has 0 aliphatic heterocycles. The van der Waals surface area contributed by atoms with Crippen molar-refractivity contribution in [3.05, 3.63) is 89.5 Å². The molecule has 9 heteroatoms. The van der Waals surface area contributed by atoms with E-state index in [1.165, 1.54) is 32.5 Å². The van der Waals surface area contributed by atoms with Crippen molar-refractivity contribution in [1.29, 1.82) is 0 Å². The number of nitrogens with zero attached hydrogens (tertiary/aromatic N) is 1. The number of benzene rings is 2. The van der Waals surface area contributed by atoms with E-state index >= 15 is 0 Å². The van der Waals surface area contributed by atoms with Gasteiger partial charge in [0.2, 0.25) is 11.9 Å². The topological polar surface area (TPSA) is 112 Å². The minimum atomic E-state index is -0.803. The summed E-state index contributed by atoms with van der Waals surface area (Å²) < 4.78 is 24.4. The van der Waals surface area contributed by atoms with Crippen LogP contribution >= 0.6 is 0 Å². The molecule has 3 rings (SSSR count). The van der Waals surface area contributed by atoms with Gasteiger partial charge in [-0.05, 0) is 31.0 Å². The van der Waals surface area contributed by atoms with Gasteiger partial charge in [-0.25, -0.2) is 4.39 Å². The first-order chi connectivity index (χ1) is 17.1. The lowest BCUT2D eigenvalue weighted by Gasteiger charge is -2.13. The molecule has 1 atom stereocenters. The third kappa shape index (κ3) is 10.0. The number of pyridine rings is 1. The Hall–Kier alpha value is -4.14. The average molecular weight is 502 g/mol. The monoisotopic (exact) mass is 501 g/mol. The summed E-state index contributed by atoms with van der Waals surface area (Å²) in [4.78, 5) is 26.8. The number of halogens is 1. The summed E-state index contributed by atoms with van der Waals surface area (Å²) in [7, 11) is 2.72. The maximum Gasteiger partial charge on any atom is 0.366 e. The molecule has 0 spiro atoms. The summed E-state index contributed by atoms with van der Waals surface area (Å²) in [5.74, 6) is -1.47. The zero-order chi connectivity index (χ0) is 27.1. The summed E-state index contributed by atoms with van der Waals surface area (Å²) in [6, 6.07) is 18.5. The van der Waals surface area contributed by atoms with Gasteiger partial charge in [-0.1, -0.05) is 55.5 Å². The second-order valence-electron chi connectivity index (χ2n) is 7.56. The van der Waals surface area contributed by atoms with Crippen LogP contribution in [-0.2, 0) is 16.0 Å². The van der Waals surface area contributed by atoms with Gasteiger partial charge in [0.25, 0.3) is 0 Å². The number of nitrogens with two attached hydrogens (primary N) is 1. The molecule has 0 bridgehead atoms. The number of aromatic hydroxyl groups is 1. The van der Waals surface area contributed by atoms with Crippen LogP contribution in [0.15, 0.2) is 66.9 Å². The minimum absolute atomic E-state index is 0.159. The highest BCUT2D eigenvalue weighted by molar-refractivity contribution is 5.92. The van der Waals surface area contributed by atoms with Crippen LogP contribution in [-0.4, -0.2) is 37.3 Å². The molecule has 1 unspecified atom stereocenters. The highest BCUT2D eigenvalue weighted by Gasteiger charge is 2.27. The minimum Gasteiger partial charge on any atom is -0.499 e. The Kier molecular flexibility index (Phi) is 13.0. The Morgan fingerprint density at radius 1 is 1.08 bits per heavy atom. The van der Waals surface area contributed by atoms with Crippen LogP contribution in [0.1, 0.15) is 41.9 Å². The van der Waals surface area contributed by atoms with Crippen molar-refractivity contribution < 1.29 is 38.1 Å². The molecular weight excluding hydrogens is 467 g/mol. The smallest absolute Gasteiger partial charge is 0.366 e. The fourth-order valence-electron chi connectivity index (χ4n) is 2.91. The number of amides is 1. The maximum atomic E-state index is 13.5. The predicted molar refractivity (Wildman–Crippen MR) is 133 cm³/mol. The Bertz CT molecular complexity index is 1080. The first-order valence-corrected chi connectivity index (χ1v) is 11.2. The van der Waals surface area contributed by atoms with E-state index in [1.54, 1.807) is 19.9 Å². The zero-order valence-electron chi connectivity index (χ0n) is 21.2. The number of methoxy groups -OCH3 is 1. The Labute approximate surface area is 211 Å². The van der Waals surface area contributed by atoms with Gasteiger partial charge in [-0.3, -0.25) is 14.4 Å². The number of hydrogen-bond acceptors (Lipinski definition) is 6. The molecule has 3 aromatic rings. The summed E-state index contributed by atoms with van der Waals surface area (Å²) in [6.45, 7) is 5.35. The molecule has 36 heavy (non-hydrogen) atoms. The zero-order valence-corrected chi connectivity index (χ0v) is 21.2. The highest BCUT2D eigenvalue weighted by atomic mass is 19.1. The van der Waals surface area contributed by atoms with E-state index in [4.69, 9.17) is 20.0 Å². The van der Waals surface area contributed by atoms with Gasteiger partial charge in [-0.15, -0.1) is 0 Å². The fourth-order valence-corrected chi connectivity index (χ4v) is 2.91. The van der Waals surface area contributed by atoms with Crippen molar-refractivity contribution in [2.75, 3.05) is 14.2 Å². The summed E-state index contributed by atoms with van der Waals surface area (Å²) in [6.07, 6.45) is 1.89. The number of hydrogen-bond donors (Lipinski definition) is 2. The average Bonchev–Trinajstić information content (AvgIpc) is 2.87. The van der Waals surface area contributed by atoms with Gasteiger partial charge >= 0.3 is 17.6 Å². The number of aromatic nitrogens is 1. The second-order valence-corrected chi connectivity index (χ2v) is 7.56. The molecule has 1 aromatic heterocycles. The third-order valence-electron chi connectivity index (χ3n) is 4.69. The number of carbonyl (C=O) groups excluding carboxylic acids is 2. The van der Waals surface area contributed by atoms with Crippen LogP contribution in [0, 0.1) is 12.7 Å². The van der Waals surface area contributed by atoms with Gasteiger partial charge in [-0.2, -0.15) is 0 Å². The van der Waals surface area contributed by atoms with Gasteiger partial charge < -0.3 is 20.3 Å². The Morgan fingerprint density at radius 2 is 1.67 bits per heavy atom. The molecule has 2 aromatic carbocycles. The molecule has 1 amide bonds. The Balaban J connectivity index is 0.000000295. The quantitative estimate of drug-likeness (QED) is 0.378. The van der Waals surface area contributed by atoms with Crippen LogP contribution in [0.5, 0.6) is 11.5 Å². The van der Waals surface area contributed by atoms with E-state index in [1.807, 2.05) is 49.4 Å². The van der Waals surface area contributed by atoms with Crippen molar-refractivity contribution in [2.45, 2.75) is 39.7 Å². The standard InChI is InChI=1S/C13H17FO2.C8H10N2O4.C6H6/c1-4-13(15)16-10(3)8-11-6-5-9(2)7-12(11)14;1-13-5-3-4-10(14-2)6(7(5)11)8(9)12;1-2-4-6-5-3-1/h5-7,10H,4,8H2,1-3H3;3-4H,1-2H3,(H2-,9,11,12);1-6H/p+1. The lowest BCUT2D eigenvalue weighted by atomic mass is 10.1. The van der Waals surface area contributed by atoms with Crippen LogP contribution in [0.25, 0.3) is 0 Å². The van der Waals surface area contributed by atoms with Crippen LogP contribution in [0.2, 0.25) is 0 Å². The highest BCUT2D eigenvalue weighted by Crippen LogP contribution is 2.25. The molecular formula is C27H34FN2O6+. The SMILES string of the molecule is CCC(=O)OC(C)Cc1ccc(C)cc1F.COc1cc[n+](OC)c(C(N)=O)c1O.c1ccccc1. The second kappa shape index (κ2) is 15.7. The molecule has 194 valence electrons. The predicted octanol–water partition coefficient (Wildman–Crippen LogP) is 3.55. The molecule has 0 radical (unpaired) electrons. The molecule has 0 saturated heterocycles. The number of carbonyl (C=O) groups is 2. The molecule has 1 heterocycles. The molecule has 0 aliphatic carbocycles. The van der Waals surface area contributed by atoms with E-state index in [2.05, 4.69) is 0 Å². The van der Waals surface area contributed by atoms with E-state index < -0.39 is 5.91 Å². The summed E-state index contributed by atoms with van der Waals surface area (Å²) in [5.41, 5.74) is 6.37. The number of rotatable bonds is 7. The van der Waals surface area contributed by atoms with Crippen molar-refractivity contribution >= 4 is 11.9 Å². The first-order valence-electron chi connectivity index (χ1n) is 11.2.